The first-order valence-electron chi connectivity index (χ1n) is 6.86. The summed E-state index contributed by atoms with van der Waals surface area (Å²) in [5.74, 6) is 0.00807. The van der Waals surface area contributed by atoms with E-state index in [2.05, 4.69) is 22.7 Å². The van der Waals surface area contributed by atoms with E-state index in [1.165, 1.54) is 0 Å². The molecule has 0 unspecified atom stereocenters. The summed E-state index contributed by atoms with van der Waals surface area (Å²) in [7, 11) is 0. The highest BCUT2D eigenvalue weighted by molar-refractivity contribution is 5.78. The third-order valence-corrected chi connectivity index (χ3v) is 2.93. The van der Waals surface area contributed by atoms with E-state index in [1.807, 2.05) is 36.5 Å². The number of nitrogens with one attached hydrogen (secondary N) is 2. The van der Waals surface area contributed by atoms with E-state index in [1.54, 1.807) is 10.9 Å². The van der Waals surface area contributed by atoms with Crippen LogP contribution in [0, 0.1) is 0 Å². The standard InChI is InChI=1S/C15H20N4O/c1-2-8-16-12-15(20)17-11-13-6-3-4-7-14(13)19-10-5-9-18-19/h3-7,9-10,16H,2,8,11-12H2,1H3,(H,17,20). The fourth-order valence-electron chi connectivity index (χ4n) is 1.93. The van der Waals surface area contributed by atoms with Gasteiger partial charge in [0.2, 0.25) is 5.91 Å². The highest BCUT2D eigenvalue weighted by Crippen LogP contribution is 2.12. The van der Waals surface area contributed by atoms with Crippen molar-refractivity contribution in [1.82, 2.24) is 20.4 Å². The lowest BCUT2D eigenvalue weighted by atomic mass is 10.2. The zero-order valence-corrected chi connectivity index (χ0v) is 11.7. The average molecular weight is 272 g/mol. The minimum Gasteiger partial charge on any atom is -0.351 e. The van der Waals surface area contributed by atoms with Gasteiger partial charge in [0.05, 0.1) is 12.2 Å². The highest BCUT2D eigenvalue weighted by Gasteiger charge is 2.06. The van der Waals surface area contributed by atoms with Gasteiger partial charge in [0.25, 0.3) is 0 Å². The average Bonchev–Trinajstić information content (AvgIpc) is 3.00. The minimum atomic E-state index is 0.00807. The van der Waals surface area contributed by atoms with Gasteiger partial charge in [-0.05, 0) is 30.7 Å². The lowest BCUT2D eigenvalue weighted by Crippen LogP contribution is -2.34. The summed E-state index contributed by atoms with van der Waals surface area (Å²) in [4.78, 5) is 11.7. The third-order valence-electron chi connectivity index (χ3n) is 2.93. The van der Waals surface area contributed by atoms with E-state index >= 15 is 0 Å². The molecule has 0 bridgehead atoms. The van der Waals surface area contributed by atoms with Crippen LogP contribution in [0.3, 0.4) is 0 Å². The molecule has 1 amide bonds. The summed E-state index contributed by atoms with van der Waals surface area (Å²) in [5, 5.41) is 10.2. The molecule has 5 nitrogen and oxygen atoms in total. The number of nitrogens with zero attached hydrogens (tertiary/aromatic N) is 2. The summed E-state index contributed by atoms with van der Waals surface area (Å²) in [6.45, 7) is 3.79. The first kappa shape index (κ1) is 14.3. The van der Waals surface area contributed by atoms with Gasteiger partial charge in [-0.25, -0.2) is 4.68 Å². The Morgan fingerprint density at radius 1 is 1.30 bits per heavy atom. The van der Waals surface area contributed by atoms with Crippen LogP contribution in [-0.2, 0) is 11.3 Å². The van der Waals surface area contributed by atoms with Gasteiger partial charge < -0.3 is 10.6 Å². The second-order valence-electron chi connectivity index (χ2n) is 4.53. The van der Waals surface area contributed by atoms with Crippen molar-refractivity contribution in [2.24, 2.45) is 0 Å². The lowest BCUT2D eigenvalue weighted by molar-refractivity contribution is -0.120. The molecule has 0 atom stereocenters. The van der Waals surface area contributed by atoms with E-state index in [-0.39, 0.29) is 5.91 Å². The van der Waals surface area contributed by atoms with Gasteiger partial charge in [0.15, 0.2) is 0 Å². The van der Waals surface area contributed by atoms with E-state index in [0.717, 1.165) is 24.2 Å². The molecule has 0 aliphatic carbocycles. The van der Waals surface area contributed by atoms with Crippen molar-refractivity contribution >= 4 is 5.91 Å². The fourth-order valence-corrected chi connectivity index (χ4v) is 1.93. The predicted octanol–water partition coefficient (Wildman–Crippen LogP) is 1.49. The predicted molar refractivity (Wildman–Crippen MR) is 78.6 cm³/mol. The van der Waals surface area contributed by atoms with Crippen LogP contribution < -0.4 is 10.6 Å². The fraction of sp³-hybridized carbons (Fsp3) is 0.333. The van der Waals surface area contributed by atoms with Gasteiger partial charge in [-0.3, -0.25) is 4.79 Å². The quantitative estimate of drug-likeness (QED) is 0.751. The first-order valence-corrected chi connectivity index (χ1v) is 6.86. The van der Waals surface area contributed by atoms with Gasteiger partial charge in [-0.15, -0.1) is 0 Å². The Kier molecular flexibility index (Phi) is 5.32. The molecule has 0 fully saturated rings. The minimum absolute atomic E-state index is 0.00807. The number of carbonyl (C=O) groups excluding carboxylic acids is 1. The molecule has 0 saturated heterocycles. The highest BCUT2D eigenvalue weighted by atomic mass is 16.1. The largest absolute Gasteiger partial charge is 0.351 e. The number of para-hydroxylation sites is 1. The van der Waals surface area contributed by atoms with Gasteiger partial charge in [-0.1, -0.05) is 25.1 Å². The second kappa shape index (κ2) is 7.45. The summed E-state index contributed by atoms with van der Waals surface area (Å²) < 4.78 is 1.80. The molecule has 0 saturated carbocycles. The molecule has 0 spiro atoms. The number of benzene rings is 1. The van der Waals surface area contributed by atoms with Gasteiger partial charge in [-0.2, -0.15) is 5.10 Å². The SMILES string of the molecule is CCCNCC(=O)NCc1ccccc1-n1cccn1. The van der Waals surface area contributed by atoms with Crippen molar-refractivity contribution in [3.8, 4) is 5.69 Å². The molecule has 1 heterocycles. The van der Waals surface area contributed by atoms with Crippen LogP contribution in [-0.4, -0.2) is 28.8 Å². The maximum atomic E-state index is 11.7. The number of amides is 1. The van der Waals surface area contributed by atoms with E-state index in [4.69, 9.17) is 0 Å². The summed E-state index contributed by atoms with van der Waals surface area (Å²) >= 11 is 0. The van der Waals surface area contributed by atoms with E-state index in [9.17, 15) is 4.79 Å². The molecule has 0 aliphatic rings. The maximum Gasteiger partial charge on any atom is 0.234 e. The molecule has 1 aromatic heterocycles. The molecule has 106 valence electrons. The summed E-state index contributed by atoms with van der Waals surface area (Å²) in [5.41, 5.74) is 2.03. The van der Waals surface area contributed by atoms with Crippen molar-refractivity contribution < 1.29 is 4.79 Å². The Hall–Kier alpha value is -2.14. The molecular weight excluding hydrogens is 252 g/mol. The van der Waals surface area contributed by atoms with Gasteiger partial charge in [0, 0.05) is 18.9 Å². The van der Waals surface area contributed by atoms with Gasteiger partial charge >= 0.3 is 0 Å². The van der Waals surface area contributed by atoms with Crippen LogP contribution >= 0.6 is 0 Å². The smallest absolute Gasteiger partial charge is 0.234 e. The zero-order chi connectivity index (χ0) is 14.2. The van der Waals surface area contributed by atoms with Crippen molar-refractivity contribution in [2.45, 2.75) is 19.9 Å². The lowest BCUT2D eigenvalue weighted by Gasteiger charge is -2.11. The molecule has 0 radical (unpaired) electrons. The Labute approximate surface area is 119 Å². The van der Waals surface area contributed by atoms with Crippen LogP contribution in [0.15, 0.2) is 42.7 Å². The zero-order valence-electron chi connectivity index (χ0n) is 11.7. The normalized spacial score (nSPS) is 10.4. The number of carbonyl (C=O) groups is 1. The van der Waals surface area contributed by atoms with Gasteiger partial charge in [0.1, 0.15) is 0 Å². The summed E-state index contributed by atoms with van der Waals surface area (Å²) in [6, 6.07) is 9.79. The third kappa shape index (κ3) is 3.93. The van der Waals surface area contributed by atoms with Crippen molar-refractivity contribution in [2.75, 3.05) is 13.1 Å². The Bertz CT molecular complexity index is 537. The molecule has 20 heavy (non-hydrogen) atoms. The molecule has 2 N–H and O–H groups in total. The van der Waals surface area contributed by atoms with Crippen LogP contribution in [0.25, 0.3) is 5.69 Å². The molecule has 2 rings (SSSR count). The Balaban J connectivity index is 1.95. The van der Waals surface area contributed by atoms with Crippen molar-refractivity contribution in [3.63, 3.8) is 0 Å². The number of aromatic nitrogens is 2. The maximum absolute atomic E-state index is 11.7. The molecular formula is C15H20N4O. The van der Waals surface area contributed by atoms with Crippen LogP contribution in [0.2, 0.25) is 0 Å². The number of hydrogen-bond acceptors (Lipinski definition) is 3. The Morgan fingerprint density at radius 2 is 2.15 bits per heavy atom. The van der Waals surface area contributed by atoms with Crippen LogP contribution in [0.5, 0.6) is 0 Å². The summed E-state index contributed by atoms with van der Waals surface area (Å²) in [6.07, 6.45) is 4.66. The molecule has 2 aromatic rings. The monoisotopic (exact) mass is 272 g/mol. The number of hydrogen-bond donors (Lipinski definition) is 2. The molecule has 0 aliphatic heterocycles. The molecule has 5 heteroatoms. The van der Waals surface area contributed by atoms with E-state index < -0.39 is 0 Å². The number of rotatable bonds is 7. The molecule has 1 aromatic carbocycles. The van der Waals surface area contributed by atoms with Crippen LogP contribution in [0.1, 0.15) is 18.9 Å². The second-order valence-corrected chi connectivity index (χ2v) is 4.53. The van der Waals surface area contributed by atoms with Crippen LogP contribution in [0.4, 0.5) is 0 Å². The van der Waals surface area contributed by atoms with E-state index in [0.29, 0.717) is 13.1 Å². The van der Waals surface area contributed by atoms with Crippen molar-refractivity contribution in [1.29, 1.82) is 0 Å². The van der Waals surface area contributed by atoms with Crippen molar-refractivity contribution in [3.05, 3.63) is 48.3 Å². The topological polar surface area (TPSA) is 59.0 Å². The first-order chi connectivity index (χ1) is 9.81. The Morgan fingerprint density at radius 3 is 2.90 bits per heavy atom.